The number of hydrogen-bond donors (Lipinski definition) is 1. The van der Waals surface area contributed by atoms with Crippen LogP contribution in [0.25, 0.3) is 0 Å². The first-order chi connectivity index (χ1) is 9.61. The second-order valence-corrected chi connectivity index (χ2v) is 5.40. The number of benzene rings is 2. The highest BCUT2D eigenvalue weighted by atomic mass is 79.9. The van der Waals surface area contributed by atoms with Crippen LogP contribution in [0.1, 0.15) is 29.7 Å². The van der Waals surface area contributed by atoms with Crippen LogP contribution in [0, 0.1) is 17.1 Å². The fourth-order valence-electron chi connectivity index (χ4n) is 1.98. The molecule has 0 saturated carbocycles. The van der Waals surface area contributed by atoms with Gasteiger partial charge in [-0.05, 0) is 36.2 Å². The first-order valence-corrected chi connectivity index (χ1v) is 7.07. The fraction of sp³-hybridized carbons (Fsp3) is 0.188. The van der Waals surface area contributed by atoms with E-state index in [1.165, 1.54) is 6.07 Å². The molecule has 1 atom stereocenters. The Morgan fingerprint density at radius 1 is 1.30 bits per heavy atom. The number of nitriles is 1. The minimum Gasteiger partial charge on any atom is -0.306 e. The SMILES string of the molecule is C[C@@H](NCc1ccc(F)c(C#N)c1)c1ccccc1Br. The third kappa shape index (κ3) is 3.44. The van der Waals surface area contributed by atoms with Crippen LogP contribution in [0.15, 0.2) is 46.9 Å². The van der Waals surface area contributed by atoms with Gasteiger partial charge in [0.25, 0.3) is 0 Å². The summed E-state index contributed by atoms with van der Waals surface area (Å²) in [5, 5.41) is 12.2. The molecule has 20 heavy (non-hydrogen) atoms. The summed E-state index contributed by atoms with van der Waals surface area (Å²) in [6.07, 6.45) is 0. The quantitative estimate of drug-likeness (QED) is 0.905. The molecule has 0 spiro atoms. The van der Waals surface area contributed by atoms with Gasteiger partial charge in [-0.3, -0.25) is 0 Å². The molecule has 4 heteroatoms. The molecule has 2 aromatic carbocycles. The van der Waals surface area contributed by atoms with E-state index in [0.29, 0.717) is 6.54 Å². The molecule has 0 aromatic heterocycles. The summed E-state index contributed by atoms with van der Waals surface area (Å²) < 4.78 is 14.3. The van der Waals surface area contributed by atoms with Gasteiger partial charge in [0.2, 0.25) is 0 Å². The van der Waals surface area contributed by atoms with Crippen LogP contribution >= 0.6 is 15.9 Å². The predicted octanol–water partition coefficient (Wildman–Crippen LogP) is 4.31. The molecular weight excluding hydrogens is 319 g/mol. The maximum Gasteiger partial charge on any atom is 0.140 e. The van der Waals surface area contributed by atoms with E-state index in [1.54, 1.807) is 12.1 Å². The van der Waals surface area contributed by atoms with Crippen molar-refractivity contribution in [1.29, 1.82) is 5.26 Å². The maximum absolute atomic E-state index is 13.2. The van der Waals surface area contributed by atoms with E-state index in [0.717, 1.165) is 15.6 Å². The Morgan fingerprint density at radius 3 is 2.75 bits per heavy atom. The summed E-state index contributed by atoms with van der Waals surface area (Å²) in [6, 6.07) is 14.6. The Bertz CT molecular complexity index is 649. The van der Waals surface area contributed by atoms with Crippen LogP contribution in [0.2, 0.25) is 0 Å². The van der Waals surface area contributed by atoms with E-state index in [1.807, 2.05) is 30.3 Å². The van der Waals surface area contributed by atoms with Gasteiger partial charge in [-0.2, -0.15) is 5.26 Å². The average molecular weight is 333 g/mol. The Labute approximate surface area is 126 Å². The van der Waals surface area contributed by atoms with Crippen molar-refractivity contribution in [3.63, 3.8) is 0 Å². The molecule has 0 aliphatic rings. The predicted molar refractivity (Wildman–Crippen MR) is 80.5 cm³/mol. The highest BCUT2D eigenvalue weighted by Gasteiger charge is 2.09. The summed E-state index contributed by atoms with van der Waals surface area (Å²) in [5.41, 5.74) is 2.13. The Morgan fingerprint density at radius 2 is 2.05 bits per heavy atom. The smallest absolute Gasteiger partial charge is 0.140 e. The van der Waals surface area contributed by atoms with Crippen LogP contribution in [-0.4, -0.2) is 0 Å². The van der Waals surface area contributed by atoms with Crippen LogP contribution in [0.5, 0.6) is 0 Å². The van der Waals surface area contributed by atoms with Gasteiger partial charge in [0, 0.05) is 17.1 Å². The van der Waals surface area contributed by atoms with Gasteiger partial charge in [-0.1, -0.05) is 40.2 Å². The zero-order valence-corrected chi connectivity index (χ0v) is 12.6. The van der Waals surface area contributed by atoms with Crippen molar-refractivity contribution in [3.05, 3.63) is 69.4 Å². The van der Waals surface area contributed by atoms with Crippen molar-refractivity contribution >= 4 is 15.9 Å². The van der Waals surface area contributed by atoms with E-state index in [9.17, 15) is 4.39 Å². The van der Waals surface area contributed by atoms with Crippen LogP contribution in [0.3, 0.4) is 0 Å². The zero-order chi connectivity index (χ0) is 14.5. The number of hydrogen-bond acceptors (Lipinski definition) is 2. The largest absolute Gasteiger partial charge is 0.306 e. The van der Waals surface area contributed by atoms with E-state index in [4.69, 9.17) is 5.26 Å². The lowest BCUT2D eigenvalue weighted by Gasteiger charge is -2.16. The summed E-state index contributed by atoms with van der Waals surface area (Å²) in [5.74, 6) is -0.477. The standard InChI is InChI=1S/C16H14BrFN2/c1-11(14-4-2-3-5-15(14)17)20-10-12-6-7-16(18)13(8-12)9-19/h2-8,11,20H,10H2,1H3/t11-/m1/s1. The topological polar surface area (TPSA) is 35.8 Å². The third-order valence-electron chi connectivity index (χ3n) is 3.14. The lowest BCUT2D eigenvalue weighted by atomic mass is 10.1. The highest BCUT2D eigenvalue weighted by Crippen LogP contribution is 2.23. The first kappa shape index (κ1) is 14.7. The maximum atomic E-state index is 13.2. The summed E-state index contributed by atoms with van der Waals surface area (Å²) in [6.45, 7) is 2.65. The van der Waals surface area contributed by atoms with Crippen molar-refractivity contribution in [3.8, 4) is 6.07 Å². The molecule has 0 aliphatic heterocycles. The molecule has 102 valence electrons. The van der Waals surface area contributed by atoms with Gasteiger partial charge in [0.05, 0.1) is 5.56 Å². The molecule has 2 aromatic rings. The second kappa shape index (κ2) is 6.65. The lowest BCUT2D eigenvalue weighted by molar-refractivity contribution is 0.570. The van der Waals surface area contributed by atoms with Crippen LogP contribution < -0.4 is 5.32 Å². The molecular formula is C16H14BrFN2. The van der Waals surface area contributed by atoms with Crippen molar-refractivity contribution in [1.82, 2.24) is 5.32 Å². The molecule has 0 heterocycles. The van der Waals surface area contributed by atoms with Crippen molar-refractivity contribution in [2.75, 3.05) is 0 Å². The molecule has 0 unspecified atom stereocenters. The zero-order valence-electron chi connectivity index (χ0n) is 11.0. The molecule has 0 aliphatic carbocycles. The van der Waals surface area contributed by atoms with Gasteiger partial charge < -0.3 is 5.32 Å². The van der Waals surface area contributed by atoms with E-state index >= 15 is 0 Å². The normalized spacial score (nSPS) is 11.9. The lowest BCUT2D eigenvalue weighted by Crippen LogP contribution is -2.18. The molecule has 2 nitrogen and oxygen atoms in total. The van der Waals surface area contributed by atoms with E-state index < -0.39 is 5.82 Å². The molecule has 0 amide bonds. The molecule has 0 radical (unpaired) electrons. The Hall–Kier alpha value is -1.70. The summed E-state index contributed by atoms with van der Waals surface area (Å²) >= 11 is 3.52. The number of halogens is 2. The van der Waals surface area contributed by atoms with Crippen LogP contribution in [-0.2, 0) is 6.54 Å². The molecule has 2 rings (SSSR count). The van der Waals surface area contributed by atoms with Gasteiger partial charge in [-0.15, -0.1) is 0 Å². The monoisotopic (exact) mass is 332 g/mol. The fourth-order valence-corrected chi connectivity index (χ4v) is 2.60. The van der Waals surface area contributed by atoms with Gasteiger partial charge in [0.15, 0.2) is 0 Å². The van der Waals surface area contributed by atoms with Gasteiger partial charge >= 0.3 is 0 Å². The summed E-state index contributed by atoms with van der Waals surface area (Å²) in [7, 11) is 0. The molecule has 0 fully saturated rings. The second-order valence-electron chi connectivity index (χ2n) is 4.55. The summed E-state index contributed by atoms with van der Waals surface area (Å²) in [4.78, 5) is 0. The highest BCUT2D eigenvalue weighted by molar-refractivity contribution is 9.10. The molecule has 0 bridgehead atoms. The molecule has 1 N–H and O–H groups in total. The van der Waals surface area contributed by atoms with Crippen LogP contribution in [0.4, 0.5) is 4.39 Å². The van der Waals surface area contributed by atoms with E-state index in [2.05, 4.69) is 28.2 Å². The molecule has 0 saturated heterocycles. The number of nitrogens with zero attached hydrogens (tertiary/aromatic N) is 1. The van der Waals surface area contributed by atoms with Crippen molar-refractivity contribution in [2.24, 2.45) is 0 Å². The first-order valence-electron chi connectivity index (χ1n) is 6.28. The number of rotatable bonds is 4. The minimum atomic E-state index is -0.477. The Kier molecular flexibility index (Phi) is 4.89. The average Bonchev–Trinajstić information content (AvgIpc) is 2.46. The van der Waals surface area contributed by atoms with Crippen molar-refractivity contribution in [2.45, 2.75) is 19.5 Å². The van der Waals surface area contributed by atoms with E-state index in [-0.39, 0.29) is 11.6 Å². The third-order valence-corrected chi connectivity index (χ3v) is 3.86. The van der Waals surface area contributed by atoms with Gasteiger partial charge in [-0.25, -0.2) is 4.39 Å². The van der Waals surface area contributed by atoms with Gasteiger partial charge in [0.1, 0.15) is 11.9 Å². The minimum absolute atomic E-state index is 0.0813. The number of nitrogens with one attached hydrogen (secondary N) is 1. The Balaban J connectivity index is 2.06. The van der Waals surface area contributed by atoms with Crippen molar-refractivity contribution < 1.29 is 4.39 Å².